The van der Waals surface area contributed by atoms with Crippen molar-refractivity contribution in [2.45, 2.75) is 56.9 Å². The Kier molecular flexibility index (Phi) is 9.11. The second kappa shape index (κ2) is 10.3. The van der Waals surface area contributed by atoms with Gasteiger partial charge in [-0.1, -0.05) is 18.9 Å². The fourth-order valence-electron chi connectivity index (χ4n) is 3.67. The van der Waals surface area contributed by atoms with Gasteiger partial charge in [-0.2, -0.15) is 13.2 Å². The van der Waals surface area contributed by atoms with Gasteiger partial charge in [0.25, 0.3) is 0 Å². The monoisotopic (exact) mass is 429 g/mol. The van der Waals surface area contributed by atoms with Crippen LogP contribution in [0.15, 0.2) is 18.3 Å². The zero-order chi connectivity index (χ0) is 17.9. The van der Waals surface area contributed by atoms with Gasteiger partial charge in [-0.05, 0) is 31.2 Å². The normalized spacial score (nSPS) is 24.2. The molecule has 10 heteroatoms. The fourth-order valence-corrected chi connectivity index (χ4v) is 3.67. The number of ether oxygens (including phenoxy) is 1. The van der Waals surface area contributed by atoms with E-state index in [1.165, 1.54) is 19.0 Å². The minimum Gasteiger partial charge on any atom is -0.468 e. The number of nitrogens with one attached hydrogen (secondary N) is 2. The molecule has 2 aliphatic rings. The van der Waals surface area contributed by atoms with Crippen LogP contribution in [0, 0.1) is 5.92 Å². The van der Waals surface area contributed by atoms with Crippen LogP contribution in [-0.4, -0.2) is 35.8 Å². The van der Waals surface area contributed by atoms with Crippen molar-refractivity contribution in [3.63, 3.8) is 0 Å². The Morgan fingerprint density at radius 2 is 2.04 bits per heavy atom. The maximum atomic E-state index is 12.4. The Morgan fingerprint density at radius 1 is 1.30 bits per heavy atom. The molecule has 27 heavy (non-hydrogen) atoms. The Hall–Kier alpha value is -1.25. The molecule has 3 unspecified atom stereocenters. The number of fused-ring (bicyclic) bond motifs is 1. The summed E-state index contributed by atoms with van der Waals surface area (Å²) in [5.74, 6) is 0.321. The molecule has 2 heterocycles. The van der Waals surface area contributed by atoms with Gasteiger partial charge in [-0.25, -0.2) is 4.98 Å². The smallest absolute Gasteiger partial charge is 0.422 e. The lowest BCUT2D eigenvalue weighted by molar-refractivity contribution is -0.154. The summed E-state index contributed by atoms with van der Waals surface area (Å²) in [7, 11) is 0. The van der Waals surface area contributed by atoms with E-state index in [0.717, 1.165) is 19.3 Å². The van der Waals surface area contributed by atoms with Gasteiger partial charge in [0.15, 0.2) is 6.61 Å². The minimum atomic E-state index is -4.43. The quantitative estimate of drug-likeness (QED) is 0.752. The molecule has 0 spiro atoms. The number of rotatable bonds is 5. The van der Waals surface area contributed by atoms with Gasteiger partial charge >= 0.3 is 6.18 Å². The topological polar surface area (TPSA) is 63.2 Å². The molecule has 1 saturated carbocycles. The van der Waals surface area contributed by atoms with E-state index < -0.39 is 12.8 Å². The average Bonchev–Trinajstić information content (AvgIpc) is 3.02. The second-order valence-corrected chi connectivity index (χ2v) is 6.70. The lowest BCUT2D eigenvalue weighted by Crippen LogP contribution is -2.42. The summed E-state index contributed by atoms with van der Waals surface area (Å²) in [6.45, 7) is -1.31. The Morgan fingerprint density at radius 3 is 2.74 bits per heavy atom. The van der Waals surface area contributed by atoms with E-state index in [0.29, 0.717) is 17.5 Å². The second-order valence-electron chi connectivity index (χ2n) is 6.70. The maximum Gasteiger partial charge on any atom is 0.422 e. The van der Waals surface area contributed by atoms with Crippen LogP contribution in [0.25, 0.3) is 0 Å². The van der Waals surface area contributed by atoms with E-state index in [2.05, 4.69) is 15.6 Å². The molecule has 3 rings (SSSR count). The Balaban J connectivity index is 0.00000182. The third-order valence-electron chi connectivity index (χ3n) is 4.85. The first-order valence-corrected chi connectivity index (χ1v) is 8.59. The van der Waals surface area contributed by atoms with Crippen LogP contribution in [0.2, 0.25) is 0 Å². The van der Waals surface area contributed by atoms with Crippen molar-refractivity contribution in [1.29, 1.82) is 0 Å². The molecule has 5 nitrogen and oxygen atoms in total. The molecule has 1 amide bonds. The van der Waals surface area contributed by atoms with E-state index in [1.807, 2.05) is 0 Å². The lowest BCUT2D eigenvalue weighted by atomic mass is 9.85. The summed E-state index contributed by atoms with van der Waals surface area (Å²) in [4.78, 5) is 16.2. The first-order valence-electron chi connectivity index (χ1n) is 8.59. The standard InChI is InChI=1S/C17H22F3N3O2.2ClH/c18-17(19,20)10-25-16-12(5-3-7-21-16)9-22-15(24)14-8-11-4-1-2-6-13(11)23-14;;/h3,5,7,11,13-14,23H,1-2,4,6,8-10H2,(H,22,24);2*1H. The molecule has 0 radical (unpaired) electrons. The number of hydrogen-bond acceptors (Lipinski definition) is 4. The van der Waals surface area contributed by atoms with Crippen LogP contribution in [-0.2, 0) is 11.3 Å². The van der Waals surface area contributed by atoms with Crippen molar-refractivity contribution in [2.75, 3.05) is 6.61 Å². The third kappa shape index (κ3) is 6.69. The molecular formula is C17H24Cl2F3N3O2. The number of aromatic nitrogens is 1. The van der Waals surface area contributed by atoms with Gasteiger partial charge < -0.3 is 15.4 Å². The van der Waals surface area contributed by atoms with Crippen LogP contribution in [0.3, 0.4) is 0 Å². The summed E-state index contributed by atoms with van der Waals surface area (Å²) in [6, 6.07) is 3.38. The summed E-state index contributed by atoms with van der Waals surface area (Å²) < 4.78 is 41.7. The van der Waals surface area contributed by atoms with Gasteiger partial charge in [-0.15, -0.1) is 24.8 Å². The number of nitrogens with zero attached hydrogens (tertiary/aromatic N) is 1. The molecule has 1 aliphatic heterocycles. The van der Waals surface area contributed by atoms with Crippen molar-refractivity contribution >= 4 is 30.7 Å². The molecule has 1 aromatic rings. The van der Waals surface area contributed by atoms with Gasteiger partial charge in [0.2, 0.25) is 11.8 Å². The average molecular weight is 430 g/mol. The zero-order valence-electron chi connectivity index (χ0n) is 14.6. The number of pyridine rings is 1. The molecule has 1 saturated heterocycles. The SMILES string of the molecule is Cl.Cl.O=C(NCc1cccnc1OCC(F)(F)F)C1CC2CCCCC2N1. The Labute approximate surface area is 168 Å². The van der Waals surface area contributed by atoms with Crippen molar-refractivity contribution in [2.24, 2.45) is 5.92 Å². The molecule has 0 bridgehead atoms. The number of amides is 1. The lowest BCUT2D eigenvalue weighted by Gasteiger charge is -2.24. The summed E-state index contributed by atoms with van der Waals surface area (Å²) >= 11 is 0. The van der Waals surface area contributed by atoms with Crippen LogP contribution in [0.4, 0.5) is 13.2 Å². The molecule has 1 aromatic heterocycles. The highest BCUT2D eigenvalue weighted by Gasteiger charge is 2.38. The summed E-state index contributed by atoms with van der Waals surface area (Å²) in [6.07, 6.45) is 2.42. The largest absolute Gasteiger partial charge is 0.468 e. The van der Waals surface area contributed by atoms with Crippen molar-refractivity contribution in [1.82, 2.24) is 15.6 Å². The summed E-state index contributed by atoms with van der Waals surface area (Å²) in [5.41, 5.74) is 0.426. The predicted octanol–water partition coefficient (Wildman–Crippen LogP) is 3.40. The molecule has 2 N–H and O–H groups in total. The van der Waals surface area contributed by atoms with Gasteiger partial charge in [0, 0.05) is 24.3 Å². The number of carbonyl (C=O) groups excluding carboxylic acids is 1. The van der Waals surface area contributed by atoms with Crippen LogP contribution in [0.5, 0.6) is 5.88 Å². The number of alkyl halides is 3. The van der Waals surface area contributed by atoms with Crippen LogP contribution in [0.1, 0.15) is 37.7 Å². The predicted molar refractivity (Wildman–Crippen MR) is 99.4 cm³/mol. The van der Waals surface area contributed by atoms with Crippen molar-refractivity contribution in [3.8, 4) is 5.88 Å². The number of halogens is 5. The van der Waals surface area contributed by atoms with Gasteiger partial charge in [-0.3, -0.25) is 4.79 Å². The van der Waals surface area contributed by atoms with E-state index in [4.69, 9.17) is 4.74 Å². The Bertz CT molecular complexity index is 605. The van der Waals surface area contributed by atoms with E-state index in [9.17, 15) is 18.0 Å². The molecule has 2 fully saturated rings. The van der Waals surface area contributed by atoms with Gasteiger partial charge in [0.05, 0.1) is 6.04 Å². The van der Waals surface area contributed by atoms with E-state index in [1.54, 1.807) is 12.1 Å². The maximum absolute atomic E-state index is 12.4. The highest BCUT2D eigenvalue weighted by atomic mass is 35.5. The molecule has 154 valence electrons. The first-order chi connectivity index (χ1) is 11.9. The van der Waals surface area contributed by atoms with Crippen molar-refractivity contribution in [3.05, 3.63) is 23.9 Å². The minimum absolute atomic E-state index is 0. The zero-order valence-corrected chi connectivity index (χ0v) is 16.3. The molecule has 1 aliphatic carbocycles. The number of carbonyl (C=O) groups is 1. The van der Waals surface area contributed by atoms with Gasteiger partial charge in [0.1, 0.15) is 0 Å². The fraction of sp³-hybridized carbons (Fsp3) is 0.647. The number of hydrogen-bond donors (Lipinski definition) is 2. The third-order valence-corrected chi connectivity index (χ3v) is 4.85. The van der Waals surface area contributed by atoms with Crippen molar-refractivity contribution < 1.29 is 22.7 Å². The molecule has 0 aromatic carbocycles. The van der Waals surface area contributed by atoms with Crippen LogP contribution >= 0.6 is 24.8 Å². The molecular weight excluding hydrogens is 406 g/mol. The molecule has 3 atom stereocenters. The van der Waals surface area contributed by atoms with Crippen LogP contribution < -0.4 is 15.4 Å². The first kappa shape index (κ1) is 23.8. The highest BCUT2D eigenvalue weighted by molar-refractivity contribution is 5.85. The van der Waals surface area contributed by atoms with E-state index in [-0.39, 0.29) is 49.2 Å². The van der Waals surface area contributed by atoms with E-state index >= 15 is 0 Å². The summed E-state index contributed by atoms with van der Waals surface area (Å²) in [5, 5.41) is 6.17. The highest BCUT2D eigenvalue weighted by Crippen LogP contribution is 2.33.